The zero-order valence-electron chi connectivity index (χ0n) is 11.7. The van der Waals surface area contributed by atoms with Crippen molar-refractivity contribution in [3.8, 4) is 0 Å². The fourth-order valence-electron chi connectivity index (χ4n) is 1.66. The second-order valence-electron chi connectivity index (χ2n) is 4.58. The minimum Gasteiger partial charge on any atom is -0.361 e. The number of anilines is 1. The van der Waals surface area contributed by atoms with Crippen LogP contribution in [0.15, 0.2) is 29.0 Å². The Balaban J connectivity index is 1.92. The minimum absolute atomic E-state index is 0.168. The lowest BCUT2D eigenvalue weighted by Crippen LogP contribution is -2.39. The van der Waals surface area contributed by atoms with Crippen LogP contribution in [0.4, 0.5) is 5.95 Å². The van der Waals surface area contributed by atoms with E-state index in [0.717, 1.165) is 11.5 Å². The number of aromatic nitrogens is 3. The zero-order chi connectivity index (χ0) is 14.5. The molecule has 2 aromatic heterocycles. The Morgan fingerprint density at radius 3 is 2.75 bits per heavy atom. The van der Waals surface area contributed by atoms with Gasteiger partial charge in [-0.15, -0.1) is 0 Å². The highest BCUT2D eigenvalue weighted by atomic mass is 16.5. The maximum Gasteiger partial charge on any atom is 0.243 e. The summed E-state index contributed by atoms with van der Waals surface area (Å²) >= 11 is 0. The molecule has 2 heterocycles. The SMILES string of the molecule is Cc1cc(CN(C)[C@H](C)C(=O)Nc2ncccn2)no1. The fraction of sp³-hybridized carbons (Fsp3) is 0.385. The van der Waals surface area contributed by atoms with E-state index in [0.29, 0.717) is 12.5 Å². The van der Waals surface area contributed by atoms with Gasteiger partial charge in [0.1, 0.15) is 5.76 Å². The van der Waals surface area contributed by atoms with Gasteiger partial charge in [-0.3, -0.25) is 15.0 Å². The van der Waals surface area contributed by atoms with Crippen LogP contribution in [0.3, 0.4) is 0 Å². The van der Waals surface area contributed by atoms with Crippen LogP contribution in [0.1, 0.15) is 18.4 Å². The molecule has 2 aromatic rings. The van der Waals surface area contributed by atoms with E-state index in [-0.39, 0.29) is 11.9 Å². The van der Waals surface area contributed by atoms with Gasteiger partial charge in [-0.1, -0.05) is 5.16 Å². The van der Waals surface area contributed by atoms with E-state index in [4.69, 9.17) is 4.52 Å². The molecule has 7 heteroatoms. The summed E-state index contributed by atoms with van der Waals surface area (Å²) in [6.07, 6.45) is 3.16. The Morgan fingerprint density at radius 1 is 1.45 bits per heavy atom. The number of hydrogen-bond acceptors (Lipinski definition) is 6. The highest BCUT2D eigenvalue weighted by molar-refractivity contribution is 5.92. The average molecular weight is 275 g/mol. The highest BCUT2D eigenvalue weighted by Gasteiger charge is 2.19. The molecule has 1 amide bonds. The van der Waals surface area contributed by atoms with Crippen LogP contribution in [0.5, 0.6) is 0 Å². The van der Waals surface area contributed by atoms with Crippen molar-refractivity contribution in [2.24, 2.45) is 0 Å². The van der Waals surface area contributed by atoms with E-state index < -0.39 is 0 Å². The first-order valence-corrected chi connectivity index (χ1v) is 6.26. The predicted octanol–water partition coefficient (Wildman–Crippen LogP) is 1.23. The molecule has 2 rings (SSSR count). The summed E-state index contributed by atoms with van der Waals surface area (Å²) in [5.74, 6) is 0.886. The number of carbonyl (C=O) groups excluding carboxylic acids is 1. The summed E-state index contributed by atoms with van der Waals surface area (Å²) in [4.78, 5) is 21.9. The first kappa shape index (κ1) is 14.1. The molecule has 0 fully saturated rings. The molecule has 0 radical (unpaired) electrons. The van der Waals surface area contributed by atoms with Crippen LogP contribution >= 0.6 is 0 Å². The molecular formula is C13H17N5O2. The van der Waals surface area contributed by atoms with Crippen LogP contribution in [-0.4, -0.2) is 39.0 Å². The quantitative estimate of drug-likeness (QED) is 0.883. The van der Waals surface area contributed by atoms with E-state index in [1.165, 1.54) is 0 Å². The first-order chi connectivity index (χ1) is 9.56. The second-order valence-corrected chi connectivity index (χ2v) is 4.58. The number of rotatable bonds is 5. The molecule has 0 bridgehead atoms. The van der Waals surface area contributed by atoms with E-state index >= 15 is 0 Å². The van der Waals surface area contributed by atoms with E-state index in [1.807, 2.05) is 31.9 Å². The molecule has 0 spiro atoms. The van der Waals surface area contributed by atoms with Crippen molar-refractivity contribution < 1.29 is 9.32 Å². The molecule has 0 aliphatic heterocycles. The Kier molecular flexibility index (Phi) is 4.41. The Hall–Kier alpha value is -2.28. The first-order valence-electron chi connectivity index (χ1n) is 6.26. The maximum atomic E-state index is 12.1. The molecule has 0 aliphatic carbocycles. The van der Waals surface area contributed by atoms with Crippen molar-refractivity contribution in [2.45, 2.75) is 26.4 Å². The van der Waals surface area contributed by atoms with Crippen molar-refractivity contribution in [2.75, 3.05) is 12.4 Å². The van der Waals surface area contributed by atoms with Gasteiger partial charge in [0.2, 0.25) is 11.9 Å². The molecule has 1 N–H and O–H groups in total. The number of nitrogens with zero attached hydrogens (tertiary/aromatic N) is 4. The van der Waals surface area contributed by atoms with Crippen molar-refractivity contribution in [1.82, 2.24) is 20.0 Å². The Bertz CT molecular complexity index is 569. The third-order valence-electron chi connectivity index (χ3n) is 2.93. The molecule has 7 nitrogen and oxygen atoms in total. The van der Waals surface area contributed by atoms with E-state index in [9.17, 15) is 4.79 Å². The number of carbonyl (C=O) groups is 1. The number of nitrogens with one attached hydrogen (secondary N) is 1. The van der Waals surface area contributed by atoms with Gasteiger partial charge in [0.25, 0.3) is 0 Å². The fourth-order valence-corrected chi connectivity index (χ4v) is 1.66. The normalized spacial score (nSPS) is 12.4. The lowest BCUT2D eigenvalue weighted by atomic mass is 10.2. The van der Waals surface area contributed by atoms with Crippen LogP contribution < -0.4 is 5.32 Å². The Morgan fingerprint density at radius 2 is 2.15 bits per heavy atom. The van der Waals surface area contributed by atoms with Gasteiger partial charge in [0, 0.05) is 25.0 Å². The summed E-state index contributed by atoms with van der Waals surface area (Å²) in [5, 5.41) is 6.58. The molecule has 106 valence electrons. The predicted molar refractivity (Wildman–Crippen MR) is 72.8 cm³/mol. The summed E-state index contributed by atoms with van der Waals surface area (Å²) in [6, 6.07) is 3.20. The summed E-state index contributed by atoms with van der Waals surface area (Å²) < 4.78 is 5.00. The standard InChI is InChI=1S/C13H17N5O2/c1-9-7-11(17-20-9)8-18(3)10(2)12(19)16-13-14-5-4-6-15-13/h4-7,10H,8H2,1-3H3,(H,14,15,16,19)/t10-/m1/s1. The van der Waals surface area contributed by atoms with Crippen LogP contribution in [0.2, 0.25) is 0 Å². The van der Waals surface area contributed by atoms with Crippen LogP contribution in [0, 0.1) is 6.92 Å². The lowest BCUT2D eigenvalue weighted by Gasteiger charge is -2.22. The van der Waals surface area contributed by atoms with Gasteiger partial charge < -0.3 is 4.52 Å². The van der Waals surface area contributed by atoms with Gasteiger partial charge >= 0.3 is 0 Å². The molecule has 20 heavy (non-hydrogen) atoms. The van der Waals surface area contributed by atoms with Gasteiger partial charge in [-0.05, 0) is 27.0 Å². The molecule has 0 saturated heterocycles. The van der Waals surface area contributed by atoms with Crippen molar-refractivity contribution in [3.05, 3.63) is 36.0 Å². The molecule has 1 atom stereocenters. The van der Waals surface area contributed by atoms with Gasteiger partial charge in [-0.2, -0.15) is 0 Å². The lowest BCUT2D eigenvalue weighted by molar-refractivity contribution is -0.120. The third-order valence-corrected chi connectivity index (χ3v) is 2.93. The average Bonchev–Trinajstić information content (AvgIpc) is 2.84. The molecule has 0 saturated carbocycles. The zero-order valence-corrected chi connectivity index (χ0v) is 11.7. The van der Waals surface area contributed by atoms with E-state index in [2.05, 4.69) is 20.4 Å². The minimum atomic E-state index is -0.337. The number of hydrogen-bond donors (Lipinski definition) is 1. The van der Waals surface area contributed by atoms with Gasteiger partial charge in [0.05, 0.1) is 11.7 Å². The van der Waals surface area contributed by atoms with E-state index in [1.54, 1.807) is 18.5 Å². The van der Waals surface area contributed by atoms with Gasteiger partial charge in [-0.25, -0.2) is 9.97 Å². The maximum absolute atomic E-state index is 12.1. The van der Waals surface area contributed by atoms with Crippen molar-refractivity contribution in [3.63, 3.8) is 0 Å². The number of likely N-dealkylation sites (N-methyl/N-ethyl adjacent to an activating group) is 1. The number of amides is 1. The van der Waals surface area contributed by atoms with Gasteiger partial charge in [0.15, 0.2) is 0 Å². The highest BCUT2D eigenvalue weighted by Crippen LogP contribution is 2.08. The summed E-state index contributed by atoms with van der Waals surface area (Å²) in [5.41, 5.74) is 0.792. The Labute approximate surface area is 117 Å². The number of aryl methyl sites for hydroxylation is 1. The topological polar surface area (TPSA) is 84.2 Å². The molecule has 0 aromatic carbocycles. The second kappa shape index (κ2) is 6.25. The molecule has 0 aliphatic rings. The van der Waals surface area contributed by atoms with Crippen LogP contribution in [-0.2, 0) is 11.3 Å². The summed E-state index contributed by atoms with van der Waals surface area (Å²) in [7, 11) is 1.85. The summed E-state index contributed by atoms with van der Waals surface area (Å²) in [6.45, 7) is 4.17. The monoisotopic (exact) mass is 275 g/mol. The van der Waals surface area contributed by atoms with Crippen molar-refractivity contribution in [1.29, 1.82) is 0 Å². The van der Waals surface area contributed by atoms with Crippen LogP contribution in [0.25, 0.3) is 0 Å². The smallest absolute Gasteiger partial charge is 0.243 e. The largest absolute Gasteiger partial charge is 0.361 e. The molecular weight excluding hydrogens is 258 g/mol. The van der Waals surface area contributed by atoms with Crippen molar-refractivity contribution >= 4 is 11.9 Å². The third kappa shape index (κ3) is 3.61. The molecule has 0 unspecified atom stereocenters.